The minimum atomic E-state index is -0.852. The lowest BCUT2D eigenvalue weighted by atomic mass is 10.3. The van der Waals surface area contributed by atoms with Crippen LogP contribution in [-0.2, 0) is 11.2 Å². The number of thioether (sulfide) groups is 1. The molecule has 0 spiro atoms. The maximum absolute atomic E-state index is 10.7. The molecular weight excluding hydrogens is 276 g/mol. The molecule has 0 aromatic carbocycles. The maximum atomic E-state index is 10.7. The molecule has 2 aromatic rings. The Bertz CT molecular complexity index is 595. The Labute approximate surface area is 121 Å². The Kier molecular flexibility index (Phi) is 4.73. The van der Waals surface area contributed by atoms with Crippen LogP contribution in [0.3, 0.4) is 0 Å². The quantitative estimate of drug-likeness (QED) is 0.821. The summed E-state index contributed by atoms with van der Waals surface area (Å²) in [4.78, 5) is 10.7. The SMILES string of the molecule is CCCc1cc(SCC(=O)O)n(-c2ccc(C)nn2)n1. The zero-order valence-electron chi connectivity index (χ0n) is 11.4. The summed E-state index contributed by atoms with van der Waals surface area (Å²) >= 11 is 1.23. The van der Waals surface area contributed by atoms with E-state index in [1.54, 1.807) is 4.68 Å². The molecule has 20 heavy (non-hydrogen) atoms. The van der Waals surface area contributed by atoms with Gasteiger partial charge in [0, 0.05) is 0 Å². The van der Waals surface area contributed by atoms with E-state index in [1.165, 1.54) is 11.8 Å². The molecular formula is C13H16N4O2S. The van der Waals surface area contributed by atoms with Crippen molar-refractivity contribution in [2.24, 2.45) is 0 Å². The van der Waals surface area contributed by atoms with E-state index in [1.807, 2.05) is 25.1 Å². The van der Waals surface area contributed by atoms with E-state index in [0.717, 1.165) is 29.3 Å². The molecule has 0 aliphatic rings. The minimum Gasteiger partial charge on any atom is -0.481 e. The van der Waals surface area contributed by atoms with E-state index < -0.39 is 5.97 Å². The van der Waals surface area contributed by atoms with Gasteiger partial charge in [0.15, 0.2) is 5.82 Å². The second-order valence-corrected chi connectivity index (χ2v) is 5.35. The molecule has 2 aromatic heterocycles. The predicted octanol–water partition coefficient (Wildman–Crippen LogP) is 2.10. The number of hydrogen-bond donors (Lipinski definition) is 1. The summed E-state index contributed by atoms with van der Waals surface area (Å²) in [6, 6.07) is 5.60. The van der Waals surface area contributed by atoms with Gasteiger partial charge >= 0.3 is 5.97 Å². The first-order valence-corrected chi connectivity index (χ1v) is 7.33. The van der Waals surface area contributed by atoms with Crippen LogP contribution in [0.5, 0.6) is 0 Å². The van der Waals surface area contributed by atoms with Crippen LogP contribution in [0.15, 0.2) is 23.2 Å². The number of aromatic nitrogens is 4. The Morgan fingerprint density at radius 2 is 2.20 bits per heavy atom. The average Bonchev–Trinajstić information content (AvgIpc) is 2.81. The number of hydrogen-bond acceptors (Lipinski definition) is 5. The highest BCUT2D eigenvalue weighted by atomic mass is 32.2. The van der Waals surface area contributed by atoms with Crippen LogP contribution in [0.2, 0.25) is 0 Å². The number of aryl methyl sites for hydroxylation is 2. The molecule has 2 heterocycles. The van der Waals surface area contributed by atoms with E-state index in [-0.39, 0.29) is 5.75 Å². The van der Waals surface area contributed by atoms with Crippen LogP contribution in [0.4, 0.5) is 0 Å². The molecule has 106 valence electrons. The molecule has 0 radical (unpaired) electrons. The van der Waals surface area contributed by atoms with Crippen LogP contribution >= 0.6 is 11.8 Å². The third-order valence-corrected chi connectivity index (χ3v) is 3.56. The Balaban J connectivity index is 2.33. The molecule has 0 atom stereocenters. The fraction of sp³-hybridized carbons (Fsp3) is 0.385. The van der Waals surface area contributed by atoms with Crippen LogP contribution < -0.4 is 0 Å². The van der Waals surface area contributed by atoms with Crippen molar-refractivity contribution in [3.63, 3.8) is 0 Å². The van der Waals surface area contributed by atoms with Crippen molar-refractivity contribution >= 4 is 17.7 Å². The van der Waals surface area contributed by atoms with Gasteiger partial charge in [-0.25, -0.2) is 4.68 Å². The second kappa shape index (κ2) is 6.51. The van der Waals surface area contributed by atoms with Gasteiger partial charge < -0.3 is 5.11 Å². The van der Waals surface area contributed by atoms with Gasteiger partial charge in [0.05, 0.1) is 17.1 Å². The van der Waals surface area contributed by atoms with E-state index >= 15 is 0 Å². The van der Waals surface area contributed by atoms with Gasteiger partial charge in [-0.3, -0.25) is 4.79 Å². The molecule has 0 saturated carbocycles. The first-order chi connectivity index (χ1) is 9.60. The standard InChI is InChI=1S/C13H16N4O2S/c1-3-4-10-7-12(20-8-13(18)19)17(16-10)11-6-5-9(2)14-15-11/h5-7H,3-4,8H2,1-2H3,(H,18,19). The van der Waals surface area contributed by atoms with Gasteiger partial charge in [0.25, 0.3) is 0 Å². The third kappa shape index (κ3) is 3.57. The molecule has 0 bridgehead atoms. The van der Waals surface area contributed by atoms with Gasteiger partial charge in [0.2, 0.25) is 0 Å². The van der Waals surface area contributed by atoms with Gasteiger partial charge in [-0.1, -0.05) is 25.1 Å². The highest BCUT2D eigenvalue weighted by molar-refractivity contribution is 7.99. The number of carboxylic acid groups (broad SMARTS) is 1. The second-order valence-electron chi connectivity index (χ2n) is 4.35. The number of aliphatic carboxylic acids is 1. The van der Waals surface area contributed by atoms with Crippen LogP contribution in [0.25, 0.3) is 5.82 Å². The number of nitrogens with zero attached hydrogens (tertiary/aromatic N) is 4. The van der Waals surface area contributed by atoms with Gasteiger partial charge in [-0.15, -0.1) is 5.10 Å². The smallest absolute Gasteiger partial charge is 0.313 e. The molecule has 0 unspecified atom stereocenters. The zero-order chi connectivity index (χ0) is 14.5. The van der Waals surface area contributed by atoms with Crippen molar-refractivity contribution in [2.75, 3.05) is 5.75 Å². The average molecular weight is 292 g/mol. The van der Waals surface area contributed by atoms with Crippen LogP contribution in [0, 0.1) is 6.92 Å². The molecule has 0 amide bonds. The summed E-state index contributed by atoms with van der Waals surface area (Å²) in [7, 11) is 0. The lowest BCUT2D eigenvalue weighted by Gasteiger charge is -2.04. The highest BCUT2D eigenvalue weighted by Gasteiger charge is 2.12. The Morgan fingerprint density at radius 3 is 2.80 bits per heavy atom. The normalized spacial score (nSPS) is 10.7. The van der Waals surface area contributed by atoms with E-state index in [2.05, 4.69) is 22.2 Å². The van der Waals surface area contributed by atoms with E-state index in [4.69, 9.17) is 5.11 Å². The monoisotopic (exact) mass is 292 g/mol. The Morgan fingerprint density at radius 1 is 1.40 bits per heavy atom. The first kappa shape index (κ1) is 14.5. The summed E-state index contributed by atoms with van der Waals surface area (Å²) in [6.07, 6.45) is 1.84. The maximum Gasteiger partial charge on any atom is 0.313 e. The molecule has 6 nitrogen and oxygen atoms in total. The molecule has 0 fully saturated rings. The fourth-order valence-corrected chi connectivity index (χ4v) is 2.44. The lowest BCUT2D eigenvalue weighted by Crippen LogP contribution is -2.05. The van der Waals surface area contributed by atoms with Gasteiger partial charge in [0.1, 0.15) is 5.03 Å². The van der Waals surface area contributed by atoms with Crippen molar-refractivity contribution < 1.29 is 9.90 Å². The number of carbonyl (C=O) groups is 1. The summed E-state index contributed by atoms with van der Waals surface area (Å²) in [5, 5.41) is 22.2. The predicted molar refractivity (Wildman–Crippen MR) is 76.2 cm³/mol. The van der Waals surface area contributed by atoms with E-state index in [9.17, 15) is 4.79 Å². The zero-order valence-corrected chi connectivity index (χ0v) is 12.2. The highest BCUT2D eigenvalue weighted by Crippen LogP contribution is 2.22. The van der Waals surface area contributed by atoms with Crippen molar-refractivity contribution in [3.05, 3.63) is 29.6 Å². The van der Waals surface area contributed by atoms with Crippen LogP contribution in [-0.4, -0.2) is 36.8 Å². The molecule has 7 heteroatoms. The largest absolute Gasteiger partial charge is 0.481 e. The summed E-state index contributed by atoms with van der Waals surface area (Å²) in [5.74, 6) is -0.253. The van der Waals surface area contributed by atoms with Gasteiger partial charge in [-0.05, 0) is 31.5 Å². The third-order valence-electron chi connectivity index (χ3n) is 2.58. The van der Waals surface area contributed by atoms with Crippen LogP contribution in [0.1, 0.15) is 24.7 Å². The van der Waals surface area contributed by atoms with Crippen molar-refractivity contribution in [1.82, 2.24) is 20.0 Å². The molecule has 2 rings (SSSR count). The fourth-order valence-electron chi connectivity index (χ4n) is 1.70. The number of carboxylic acids is 1. The topological polar surface area (TPSA) is 80.9 Å². The first-order valence-electron chi connectivity index (χ1n) is 6.34. The van der Waals surface area contributed by atoms with Gasteiger partial charge in [-0.2, -0.15) is 10.2 Å². The molecule has 1 N–H and O–H groups in total. The van der Waals surface area contributed by atoms with E-state index in [0.29, 0.717) is 5.82 Å². The number of rotatable bonds is 6. The summed E-state index contributed by atoms with van der Waals surface area (Å²) in [6.45, 7) is 3.94. The van der Waals surface area contributed by atoms with Crippen molar-refractivity contribution in [1.29, 1.82) is 0 Å². The lowest BCUT2D eigenvalue weighted by molar-refractivity contribution is -0.133. The minimum absolute atomic E-state index is 0.00342. The summed E-state index contributed by atoms with van der Waals surface area (Å²) in [5.41, 5.74) is 1.76. The molecule has 0 saturated heterocycles. The molecule has 0 aliphatic carbocycles. The van der Waals surface area contributed by atoms with Crippen molar-refractivity contribution in [3.8, 4) is 5.82 Å². The summed E-state index contributed by atoms with van der Waals surface area (Å²) < 4.78 is 1.66. The van der Waals surface area contributed by atoms with Crippen molar-refractivity contribution in [2.45, 2.75) is 31.7 Å². The Hall–Kier alpha value is -1.89. The molecule has 0 aliphatic heterocycles.